The minimum absolute atomic E-state index is 0.0167. The van der Waals surface area contributed by atoms with Crippen molar-refractivity contribution >= 4 is 23.6 Å². The second-order valence-electron chi connectivity index (χ2n) is 10.6. The van der Waals surface area contributed by atoms with Gasteiger partial charge in [0, 0.05) is 57.5 Å². The topological polar surface area (TPSA) is 93.6 Å². The van der Waals surface area contributed by atoms with Gasteiger partial charge in [-0.2, -0.15) is 0 Å². The summed E-state index contributed by atoms with van der Waals surface area (Å²) < 4.78 is 5.39. The number of nitrogens with zero attached hydrogens (tertiary/aromatic N) is 4. The number of morpholine rings is 1. The van der Waals surface area contributed by atoms with E-state index in [0.717, 1.165) is 38.0 Å². The fourth-order valence-corrected chi connectivity index (χ4v) is 6.03. The number of hydrogen-bond donors (Lipinski definition) is 1. The minimum atomic E-state index is -0.890. The lowest BCUT2D eigenvalue weighted by Gasteiger charge is -2.41. The molecule has 0 aromatic heterocycles. The van der Waals surface area contributed by atoms with E-state index in [0.29, 0.717) is 58.8 Å². The van der Waals surface area contributed by atoms with E-state index in [2.05, 4.69) is 17.0 Å². The second kappa shape index (κ2) is 11.1. The Morgan fingerprint density at radius 2 is 1.56 bits per heavy atom. The minimum Gasteiger partial charge on any atom is -0.481 e. The number of rotatable bonds is 6. The van der Waals surface area contributed by atoms with Gasteiger partial charge in [-0.05, 0) is 50.2 Å². The summed E-state index contributed by atoms with van der Waals surface area (Å²) in [5, 5.41) is 10.1. The van der Waals surface area contributed by atoms with Crippen molar-refractivity contribution in [3.63, 3.8) is 0 Å². The predicted molar refractivity (Wildman–Crippen MR) is 135 cm³/mol. The number of urea groups is 1. The number of hydrogen-bond acceptors (Lipinski definition) is 5. The average Bonchev–Trinajstić information content (AvgIpc) is 3.77. The molecule has 5 rings (SSSR count). The molecule has 36 heavy (non-hydrogen) atoms. The normalized spacial score (nSPS) is 27.0. The van der Waals surface area contributed by atoms with Gasteiger partial charge >= 0.3 is 12.0 Å². The summed E-state index contributed by atoms with van der Waals surface area (Å²) in [6, 6.07) is 10.5. The van der Waals surface area contributed by atoms with E-state index in [4.69, 9.17) is 4.74 Å². The lowest BCUT2D eigenvalue weighted by molar-refractivity contribution is -0.153. The molecule has 4 fully saturated rings. The third kappa shape index (κ3) is 5.61. The van der Waals surface area contributed by atoms with Crippen LogP contribution in [0.3, 0.4) is 0 Å². The highest BCUT2D eigenvalue weighted by molar-refractivity contribution is 5.85. The molecule has 3 amide bonds. The molecule has 1 aromatic carbocycles. The lowest BCUT2D eigenvalue weighted by atomic mass is 9.73. The Labute approximate surface area is 213 Å². The molecule has 2 heterocycles. The summed E-state index contributed by atoms with van der Waals surface area (Å²) in [5.74, 6) is -1.97. The first-order valence-electron chi connectivity index (χ1n) is 13.5. The van der Waals surface area contributed by atoms with Crippen LogP contribution in [-0.4, -0.2) is 103 Å². The van der Waals surface area contributed by atoms with Crippen molar-refractivity contribution < 1.29 is 24.2 Å². The van der Waals surface area contributed by atoms with Crippen molar-refractivity contribution in [3.8, 4) is 0 Å². The molecule has 0 radical (unpaired) electrons. The first-order valence-corrected chi connectivity index (χ1v) is 13.5. The van der Waals surface area contributed by atoms with E-state index in [1.807, 2.05) is 32.9 Å². The van der Waals surface area contributed by atoms with Crippen molar-refractivity contribution in [1.82, 2.24) is 14.7 Å². The molecule has 9 nitrogen and oxygen atoms in total. The molecule has 4 aliphatic rings. The van der Waals surface area contributed by atoms with Crippen LogP contribution in [0.25, 0.3) is 0 Å². The standard InChI is InChI=1S/C27H38N4O5/c32-25(29-12-10-28(11-13-29)21-4-2-1-3-5-21)23-9-6-20(18-24(23)26(33)34)19-31(22-7-8-22)27(35)30-14-16-36-17-15-30/h1-5,20,22-24H,6-19H2,(H,33,34)/t20?,23-,24-/m0/s1. The number of carboxylic acids is 1. The highest BCUT2D eigenvalue weighted by Gasteiger charge is 2.44. The number of carbonyl (C=O) groups is 3. The molecular formula is C27H38N4O5. The van der Waals surface area contributed by atoms with Crippen LogP contribution >= 0.6 is 0 Å². The average molecular weight is 499 g/mol. The summed E-state index contributed by atoms with van der Waals surface area (Å²) in [6.45, 7) is 5.67. The van der Waals surface area contributed by atoms with Gasteiger partial charge in [0.2, 0.25) is 5.91 Å². The Kier molecular flexibility index (Phi) is 7.65. The molecule has 2 saturated heterocycles. The van der Waals surface area contributed by atoms with E-state index < -0.39 is 17.8 Å². The predicted octanol–water partition coefficient (Wildman–Crippen LogP) is 2.37. The molecule has 2 aliphatic carbocycles. The highest BCUT2D eigenvalue weighted by Crippen LogP contribution is 2.38. The zero-order valence-corrected chi connectivity index (χ0v) is 21.0. The number of carboxylic acid groups (broad SMARTS) is 1. The third-order valence-electron chi connectivity index (χ3n) is 8.28. The third-order valence-corrected chi connectivity index (χ3v) is 8.28. The number of benzene rings is 1. The Morgan fingerprint density at radius 3 is 2.19 bits per heavy atom. The monoisotopic (exact) mass is 498 g/mol. The number of carbonyl (C=O) groups excluding carboxylic acids is 2. The quantitative estimate of drug-likeness (QED) is 0.647. The second-order valence-corrected chi connectivity index (χ2v) is 10.6. The van der Waals surface area contributed by atoms with Crippen LogP contribution in [0.4, 0.5) is 10.5 Å². The molecule has 9 heteroatoms. The van der Waals surface area contributed by atoms with Crippen LogP contribution in [0.15, 0.2) is 30.3 Å². The van der Waals surface area contributed by atoms with Crippen molar-refractivity contribution in [2.75, 3.05) is 63.9 Å². The first kappa shape index (κ1) is 24.9. The summed E-state index contributed by atoms with van der Waals surface area (Å²) in [4.78, 5) is 46.9. The SMILES string of the molecule is O=C(O)[C@H]1CC(CN(C(=O)N2CCOCC2)C2CC2)CC[C@@H]1C(=O)N1CCN(c2ccccc2)CC1. The van der Waals surface area contributed by atoms with Crippen LogP contribution in [-0.2, 0) is 14.3 Å². The maximum Gasteiger partial charge on any atom is 0.320 e. The summed E-state index contributed by atoms with van der Waals surface area (Å²) >= 11 is 0. The van der Waals surface area contributed by atoms with Crippen molar-refractivity contribution in [2.24, 2.45) is 17.8 Å². The van der Waals surface area contributed by atoms with E-state index >= 15 is 0 Å². The molecule has 0 bridgehead atoms. The van der Waals surface area contributed by atoms with Gasteiger partial charge in [0.05, 0.1) is 25.0 Å². The van der Waals surface area contributed by atoms with E-state index in [1.165, 1.54) is 0 Å². The van der Waals surface area contributed by atoms with Gasteiger partial charge in [0.25, 0.3) is 0 Å². The van der Waals surface area contributed by atoms with E-state index in [9.17, 15) is 19.5 Å². The van der Waals surface area contributed by atoms with Crippen molar-refractivity contribution in [3.05, 3.63) is 30.3 Å². The van der Waals surface area contributed by atoms with E-state index in [-0.39, 0.29) is 23.9 Å². The van der Waals surface area contributed by atoms with E-state index in [1.54, 1.807) is 0 Å². The maximum absolute atomic E-state index is 13.4. The number of aliphatic carboxylic acids is 1. The zero-order chi connectivity index (χ0) is 25.1. The van der Waals surface area contributed by atoms with Crippen molar-refractivity contribution in [2.45, 2.75) is 38.1 Å². The molecule has 196 valence electrons. The smallest absolute Gasteiger partial charge is 0.320 e. The summed E-state index contributed by atoms with van der Waals surface area (Å²) in [6.07, 6.45) is 3.84. The molecule has 2 aliphatic heterocycles. The van der Waals surface area contributed by atoms with Crippen LogP contribution < -0.4 is 4.90 Å². The van der Waals surface area contributed by atoms with Gasteiger partial charge in [0.15, 0.2) is 0 Å². The highest BCUT2D eigenvalue weighted by atomic mass is 16.5. The number of ether oxygens (including phenoxy) is 1. The number of anilines is 1. The first-order chi connectivity index (χ1) is 17.5. The van der Waals surface area contributed by atoms with Gasteiger partial charge in [-0.25, -0.2) is 4.79 Å². The van der Waals surface area contributed by atoms with Gasteiger partial charge in [0.1, 0.15) is 0 Å². The van der Waals surface area contributed by atoms with Crippen LogP contribution in [0.1, 0.15) is 32.1 Å². The van der Waals surface area contributed by atoms with Crippen LogP contribution in [0.2, 0.25) is 0 Å². The molecular weight excluding hydrogens is 460 g/mol. The molecule has 1 aromatic rings. The number of piperazine rings is 1. The van der Waals surface area contributed by atoms with Gasteiger partial charge in [-0.15, -0.1) is 0 Å². The zero-order valence-electron chi connectivity index (χ0n) is 21.0. The fraction of sp³-hybridized carbons (Fsp3) is 0.667. The van der Waals surface area contributed by atoms with Gasteiger partial charge in [-0.3, -0.25) is 9.59 Å². The summed E-state index contributed by atoms with van der Waals surface area (Å²) in [7, 11) is 0. The Balaban J connectivity index is 1.18. The summed E-state index contributed by atoms with van der Waals surface area (Å²) in [5.41, 5.74) is 1.15. The number of amides is 3. The molecule has 3 atom stereocenters. The van der Waals surface area contributed by atoms with Crippen molar-refractivity contribution in [1.29, 1.82) is 0 Å². The molecule has 1 unspecified atom stereocenters. The Morgan fingerprint density at radius 1 is 0.861 bits per heavy atom. The fourth-order valence-electron chi connectivity index (χ4n) is 6.03. The molecule has 2 saturated carbocycles. The maximum atomic E-state index is 13.4. The van der Waals surface area contributed by atoms with Crippen LogP contribution in [0.5, 0.6) is 0 Å². The Bertz CT molecular complexity index is 925. The van der Waals surface area contributed by atoms with Gasteiger partial charge in [-0.1, -0.05) is 18.2 Å². The van der Waals surface area contributed by atoms with Gasteiger partial charge < -0.3 is 29.4 Å². The Hall–Kier alpha value is -2.81. The number of para-hydroxylation sites is 1. The largest absolute Gasteiger partial charge is 0.481 e. The molecule has 0 spiro atoms. The lowest BCUT2D eigenvalue weighted by Crippen LogP contribution is -2.53. The van der Waals surface area contributed by atoms with Crippen LogP contribution in [0, 0.1) is 17.8 Å². The molecule has 1 N–H and O–H groups in total.